The molecule has 0 unspecified atom stereocenters. The van der Waals surface area contributed by atoms with E-state index >= 15 is 0 Å². The average Bonchev–Trinajstić information content (AvgIpc) is 3.34. The van der Waals surface area contributed by atoms with E-state index in [4.69, 9.17) is 9.47 Å². The number of rotatable bonds is 7. The molecule has 0 spiro atoms. The van der Waals surface area contributed by atoms with E-state index in [0.717, 1.165) is 28.9 Å². The maximum absolute atomic E-state index is 14.1. The molecule has 1 amide bonds. The highest BCUT2D eigenvalue weighted by Crippen LogP contribution is 2.44. The molecule has 1 aliphatic heterocycles. The Morgan fingerprint density at radius 2 is 1.55 bits per heavy atom. The fourth-order valence-electron chi connectivity index (χ4n) is 5.43. The van der Waals surface area contributed by atoms with Crippen LogP contribution in [0.25, 0.3) is 0 Å². The molecule has 1 atom stereocenters. The molecule has 0 radical (unpaired) electrons. The molecular formula is C30H31F9N6O4. The monoisotopic (exact) mass is 710 g/mol. The van der Waals surface area contributed by atoms with Crippen molar-refractivity contribution >= 4 is 23.7 Å². The van der Waals surface area contributed by atoms with E-state index in [-0.39, 0.29) is 48.2 Å². The zero-order valence-corrected chi connectivity index (χ0v) is 26.7. The Morgan fingerprint density at radius 3 is 2.06 bits per heavy atom. The van der Waals surface area contributed by atoms with Crippen LogP contribution >= 0.6 is 0 Å². The first kappa shape index (κ1) is 37.2. The molecule has 4 rings (SSSR count). The van der Waals surface area contributed by atoms with Gasteiger partial charge in [0.05, 0.1) is 48.0 Å². The van der Waals surface area contributed by atoms with Crippen molar-refractivity contribution in [3.05, 3.63) is 63.7 Å². The Labute approximate surface area is 273 Å². The molecule has 0 saturated carbocycles. The number of benzene rings is 2. The predicted molar refractivity (Wildman–Crippen MR) is 154 cm³/mol. The van der Waals surface area contributed by atoms with Gasteiger partial charge in [-0.2, -0.15) is 44.3 Å². The lowest BCUT2D eigenvalue weighted by Crippen LogP contribution is -2.38. The maximum atomic E-state index is 14.1. The third-order valence-corrected chi connectivity index (χ3v) is 7.83. The molecule has 1 aliphatic rings. The zero-order chi connectivity index (χ0) is 36.7. The Hall–Kier alpha value is -4.58. The topological polar surface area (TPSA) is 103 Å². The minimum absolute atomic E-state index is 0.0254. The van der Waals surface area contributed by atoms with Crippen molar-refractivity contribution in [3.8, 4) is 0 Å². The lowest BCUT2D eigenvalue weighted by atomic mass is 9.94. The quantitative estimate of drug-likeness (QED) is 0.187. The van der Waals surface area contributed by atoms with Gasteiger partial charge in [-0.3, -0.25) is 9.69 Å². The number of aryl methyl sites for hydroxylation is 2. The summed E-state index contributed by atoms with van der Waals surface area (Å²) in [4.78, 5) is 28.7. The van der Waals surface area contributed by atoms with Crippen molar-refractivity contribution < 1.29 is 58.6 Å². The lowest BCUT2D eigenvalue weighted by molar-refractivity contribution is -0.153. The third-order valence-electron chi connectivity index (χ3n) is 7.83. The van der Waals surface area contributed by atoms with E-state index in [2.05, 4.69) is 15.4 Å². The molecule has 49 heavy (non-hydrogen) atoms. The Kier molecular flexibility index (Phi) is 10.2. The summed E-state index contributed by atoms with van der Waals surface area (Å²) in [7, 11) is 2.48. The summed E-state index contributed by atoms with van der Waals surface area (Å²) in [5, 5.41) is 11.7. The second-order valence-corrected chi connectivity index (χ2v) is 12.1. The summed E-state index contributed by atoms with van der Waals surface area (Å²) in [6.07, 6.45) is -16.2. The van der Waals surface area contributed by atoms with Crippen molar-refractivity contribution in [2.45, 2.75) is 64.7 Å². The summed E-state index contributed by atoms with van der Waals surface area (Å²) in [6.45, 7) is 2.64. The number of methoxy groups -OCH3 is 1. The number of alkyl halides is 9. The number of hydrogen-bond acceptors (Lipinski definition) is 8. The van der Waals surface area contributed by atoms with Crippen molar-refractivity contribution in [1.29, 1.82) is 0 Å². The van der Waals surface area contributed by atoms with E-state index in [0.29, 0.717) is 12.1 Å². The Balaban J connectivity index is 1.88. The van der Waals surface area contributed by atoms with E-state index in [1.807, 2.05) is 0 Å². The van der Waals surface area contributed by atoms with Gasteiger partial charge in [0.1, 0.15) is 6.61 Å². The van der Waals surface area contributed by atoms with Crippen LogP contribution in [0.1, 0.15) is 66.1 Å². The van der Waals surface area contributed by atoms with Gasteiger partial charge in [-0.05, 0) is 79.8 Å². The molecule has 3 aromatic rings. The number of esters is 1. The second kappa shape index (κ2) is 13.4. The smallest absolute Gasteiger partial charge is 0.416 e. The van der Waals surface area contributed by atoms with Crippen LogP contribution in [0.3, 0.4) is 0 Å². The van der Waals surface area contributed by atoms with Crippen LogP contribution in [0, 0.1) is 12.3 Å². The number of halogens is 9. The molecule has 268 valence electrons. The maximum Gasteiger partial charge on any atom is 0.416 e. The van der Waals surface area contributed by atoms with Gasteiger partial charge in [0, 0.05) is 13.1 Å². The second-order valence-electron chi connectivity index (χ2n) is 12.1. The number of ether oxygens (including phenoxy) is 2. The standard InChI is InChI=1S/C30H31F9N6O4/c1-16-9-20-22(7-6-8-44(23(20)13-21(16)30(37,38)39)26(47)49-15-27(2,3)24(46)48-5)45(25-40-42-43(4)41-25)14-17-10-18(28(31,32)33)12-19(11-17)29(34,35)36/h9-13,22H,6-8,14-15H2,1-5H3/t22-/m0/s1. The van der Waals surface area contributed by atoms with Gasteiger partial charge in [0.2, 0.25) is 0 Å². The van der Waals surface area contributed by atoms with Crippen molar-refractivity contribution in [2.24, 2.45) is 12.5 Å². The number of nitrogens with zero attached hydrogens (tertiary/aromatic N) is 6. The molecule has 0 saturated heterocycles. The van der Waals surface area contributed by atoms with E-state index in [9.17, 15) is 49.1 Å². The van der Waals surface area contributed by atoms with Crippen molar-refractivity contribution in [2.75, 3.05) is 30.1 Å². The van der Waals surface area contributed by atoms with E-state index in [1.54, 1.807) is 0 Å². The molecule has 10 nitrogen and oxygen atoms in total. The van der Waals surface area contributed by atoms with Gasteiger partial charge in [0.25, 0.3) is 5.95 Å². The summed E-state index contributed by atoms with van der Waals surface area (Å²) in [5.74, 6) is -0.972. The number of fused-ring (bicyclic) bond motifs is 1. The molecule has 2 heterocycles. The van der Waals surface area contributed by atoms with Gasteiger partial charge in [-0.1, -0.05) is 11.2 Å². The van der Waals surface area contributed by atoms with Crippen molar-refractivity contribution in [1.82, 2.24) is 20.2 Å². The highest BCUT2D eigenvalue weighted by Gasteiger charge is 2.41. The third kappa shape index (κ3) is 8.36. The molecule has 0 aliphatic carbocycles. The number of hydrogen-bond donors (Lipinski definition) is 0. The van der Waals surface area contributed by atoms with Gasteiger partial charge in [-0.25, -0.2) is 4.79 Å². The van der Waals surface area contributed by atoms with Crippen LogP contribution in [-0.4, -0.2) is 52.5 Å². The number of tetrazole rings is 1. The van der Waals surface area contributed by atoms with Crippen molar-refractivity contribution in [3.63, 3.8) is 0 Å². The predicted octanol–water partition coefficient (Wildman–Crippen LogP) is 7.26. The average molecular weight is 711 g/mol. The molecule has 19 heteroatoms. The molecule has 2 aromatic carbocycles. The summed E-state index contributed by atoms with van der Waals surface area (Å²) in [5.41, 5.74) is -6.51. The van der Waals surface area contributed by atoms with Crippen LogP contribution in [0.2, 0.25) is 0 Å². The fourth-order valence-corrected chi connectivity index (χ4v) is 5.43. The number of anilines is 2. The summed E-state index contributed by atoms with van der Waals surface area (Å²) < 4.78 is 135. The first-order chi connectivity index (χ1) is 22.5. The molecule has 0 bridgehead atoms. The van der Waals surface area contributed by atoms with E-state index in [1.165, 1.54) is 32.7 Å². The number of amides is 1. The highest BCUT2D eigenvalue weighted by atomic mass is 19.4. The lowest BCUT2D eigenvalue weighted by Gasteiger charge is -2.33. The van der Waals surface area contributed by atoms with Crippen LogP contribution in [-0.2, 0) is 46.4 Å². The van der Waals surface area contributed by atoms with Crippen LogP contribution in [0.5, 0.6) is 0 Å². The minimum atomic E-state index is -5.14. The van der Waals surface area contributed by atoms with Gasteiger partial charge >= 0.3 is 30.6 Å². The SMILES string of the molecule is COC(=O)C(C)(C)COC(=O)N1CCC[C@H](N(Cc2cc(C(F)(F)F)cc(C(F)(F)F)c2)c2nnn(C)n2)c2cc(C)c(C(F)(F)F)cc21. The van der Waals surface area contributed by atoms with Gasteiger partial charge in [0.15, 0.2) is 0 Å². The normalized spacial score (nSPS) is 15.8. The largest absolute Gasteiger partial charge is 0.469 e. The first-order valence-electron chi connectivity index (χ1n) is 14.6. The van der Waals surface area contributed by atoms with Gasteiger partial charge in [-0.15, -0.1) is 5.10 Å². The molecule has 1 aromatic heterocycles. The molecule has 0 fully saturated rings. The molecular weight excluding hydrogens is 679 g/mol. The number of carbonyl (C=O) groups is 2. The number of aromatic nitrogens is 4. The van der Waals surface area contributed by atoms with Crippen LogP contribution in [0.15, 0.2) is 30.3 Å². The Bertz CT molecular complexity index is 1670. The number of carbonyl (C=O) groups excluding carboxylic acids is 2. The fraction of sp³-hybridized carbons (Fsp3) is 0.500. The first-order valence-corrected chi connectivity index (χ1v) is 14.6. The Morgan fingerprint density at radius 1 is 0.939 bits per heavy atom. The minimum Gasteiger partial charge on any atom is -0.469 e. The van der Waals surface area contributed by atoms with E-state index < -0.39 is 77.5 Å². The van der Waals surface area contributed by atoms with Crippen LogP contribution in [0.4, 0.5) is 55.9 Å². The highest BCUT2D eigenvalue weighted by molar-refractivity contribution is 5.90. The van der Waals surface area contributed by atoms with Crippen LogP contribution < -0.4 is 9.80 Å². The van der Waals surface area contributed by atoms with Gasteiger partial charge < -0.3 is 14.4 Å². The summed E-state index contributed by atoms with van der Waals surface area (Å²) >= 11 is 0. The zero-order valence-electron chi connectivity index (χ0n) is 26.7. The molecule has 0 N–H and O–H groups in total. The summed E-state index contributed by atoms with van der Waals surface area (Å²) in [6, 6.07) is 1.81.